The molecule has 13 nitrogen and oxygen atoms in total. The van der Waals surface area contributed by atoms with Crippen LogP contribution >= 0.6 is 11.8 Å². The first kappa shape index (κ1) is 28.9. The number of thioether (sulfide) groups is 1. The van der Waals surface area contributed by atoms with Crippen molar-refractivity contribution < 1.29 is 34.2 Å². The zero-order valence-electron chi connectivity index (χ0n) is 19.2. The van der Waals surface area contributed by atoms with Crippen LogP contribution < -0.4 is 21.7 Å². The number of H-pyrrole nitrogens is 1. The maximum Gasteiger partial charge on any atom is 0.326 e. The molecule has 0 aromatic carbocycles. The average Bonchev–Trinajstić information content (AvgIpc) is 3.26. The molecule has 1 aromatic rings. The fourth-order valence-corrected chi connectivity index (χ4v) is 3.39. The lowest BCUT2D eigenvalue weighted by Crippen LogP contribution is -2.59. The highest BCUT2D eigenvalue weighted by atomic mass is 32.2. The third-order valence-electron chi connectivity index (χ3n) is 4.82. The van der Waals surface area contributed by atoms with Crippen LogP contribution in [-0.2, 0) is 30.4 Å². The molecule has 3 amide bonds. The molecule has 190 valence electrons. The van der Waals surface area contributed by atoms with Crippen molar-refractivity contribution in [2.75, 3.05) is 12.0 Å². The Morgan fingerprint density at radius 2 is 1.71 bits per heavy atom. The van der Waals surface area contributed by atoms with Gasteiger partial charge in [-0.2, -0.15) is 11.8 Å². The third-order valence-corrected chi connectivity index (χ3v) is 5.47. The van der Waals surface area contributed by atoms with E-state index in [1.165, 1.54) is 24.3 Å². The molecule has 0 aliphatic heterocycles. The lowest BCUT2D eigenvalue weighted by atomic mass is 10.0. The Morgan fingerprint density at radius 1 is 1.06 bits per heavy atom. The van der Waals surface area contributed by atoms with Crippen molar-refractivity contribution in [3.8, 4) is 0 Å². The van der Waals surface area contributed by atoms with E-state index in [2.05, 4.69) is 25.9 Å². The number of nitrogens with one attached hydrogen (secondary N) is 4. The van der Waals surface area contributed by atoms with Gasteiger partial charge in [-0.3, -0.25) is 19.2 Å². The van der Waals surface area contributed by atoms with E-state index in [9.17, 15) is 34.2 Å². The fourth-order valence-electron chi connectivity index (χ4n) is 2.91. The van der Waals surface area contributed by atoms with Crippen molar-refractivity contribution in [2.45, 2.75) is 57.3 Å². The molecule has 4 atom stereocenters. The minimum atomic E-state index is -1.57. The predicted octanol–water partition coefficient (Wildman–Crippen LogP) is -1.30. The maximum absolute atomic E-state index is 12.9. The highest BCUT2D eigenvalue weighted by Crippen LogP contribution is 2.07. The molecule has 0 fully saturated rings. The molecule has 8 N–H and O–H groups in total. The molecular formula is C20H32N6O7S. The van der Waals surface area contributed by atoms with E-state index in [4.69, 9.17) is 5.73 Å². The largest absolute Gasteiger partial charge is 0.481 e. The SMILES string of the molecule is CSCCC(N)C(=O)NC(C(=O)NC(CC(=O)O)C(=O)NC(Cc1cnc[nH]1)C(=O)O)C(C)C. The van der Waals surface area contributed by atoms with Crippen LogP contribution in [0.25, 0.3) is 0 Å². The normalized spacial score (nSPS) is 14.5. The minimum absolute atomic E-state index is 0.132. The standard InChI is InChI=1S/C20H32N6O7S/c1-10(2)16(26-17(29)12(21)4-5-34-3)19(31)24-13(7-15(27)28)18(30)25-14(20(32)33)6-11-8-22-9-23-11/h8-10,12-14,16H,4-7,21H2,1-3H3,(H,22,23)(H,24,31)(H,25,30)(H,26,29)(H,27,28)(H,32,33). The van der Waals surface area contributed by atoms with Crippen LogP contribution in [0.2, 0.25) is 0 Å². The van der Waals surface area contributed by atoms with E-state index in [1.54, 1.807) is 13.8 Å². The van der Waals surface area contributed by atoms with Gasteiger partial charge in [0.05, 0.1) is 18.8 Å². The Hall–Kier alpha value is -3.13. The summed E-state index contributed by atoms with van der Waals surface area (Å²) in [6, 6.07) is -4.89. The van der Waals surface area contributed by atoms with Crippen LogP contribution in [0, 0.1) is 5.92 Å². The number of nitrogens with zero attached hydrogens (tertiary/aromatic N) is 1. The molecule has 14 heteroatoms. The van der Waals surface area contributed by atoms with Crippen molar-refractivity contribution in [3.05, 3.63) is 18.2 Å². The zero-order chi connectivity index (χ0) is 25.8. The lowest BCUT2D eigenvalue weighted by molar-refractivity contribution is -0.143. The van der Waals surface area contributed by atoms with Gasteiger partial charge in [0, 0.05) is 18.3 Å². The molecule has 1 rings (SSSR count). The van der Waals surface area contributed by atoms with Crippen molar-refractivity contribution in [3.63, 3.8) is 0 Å². The molecule has 0 spiro atoms. The number of amides is 3. The summed E-state index contributed by atoms with van der Waals surface area (Å²) in [5.74, 6) is -4.82. The Labute approximate surface area is 201 Å². The van der Waals surface area contributed by atoms with Gasteiger partial charge in [0.25, 0.3) is 0 Å². The number of imidazole rings is 1. The number of hydrogen-bond donors (Lipinski definition) is 7. The summed E-state index contributed by atoms with van der Waals surface area (Å²) in [6.45, 7) is 3.32. The van der Waals surface area contributed by atoms with Gasteiger partial charge in [-0.1, -0.05) is 13.8 Å². The highest BCUT2D eigenvalue weighted by molar-refractivity contribution is 7.98. The Morgan fingerprint density at radius 3 is 2.21 bits per heavy atom. The second-order valence-electron chi connectivity index (χ2n) is 7.96. The van der Waals surface area contributed by atoms with Crippen LogP contribution in [0.5, 0.6) is 0 Å². The van der Waals surface area contributed by atoms with Gasteiger partial charge < -0.3 is 36.9 Å². The first-order valence-electron chi connectivity index (χ1n) is 10.5. The number of carbonyl (C=O) groups excluding carboxylic acids is 3. The van der Waals surface area contributed by atoms with Crippen LogP contribution in [-0.4, -0.2) is 86.0 Å². The summed E-state index contributed by atoms with van der Waals surface area (Å²) < 4.78 is 0. The van der Waals surface area contributed by atoms with Gasteiger partial charge in [-0.15, -0.1) is 0 Å². The second-order valence-corrected chi connectivity index (χ2v) is 8.94. The summed E-state index contributed by atoms with van der Waals surface area (Å²) in [6.07, 6.45) is 4.07. The number of aromatic nitrogens is 2. The molecule has 1 heterocycles. The number of aliphatic carboxylic acids is 2. The van der Waals surface area contributed by atoms with Crippen LogP contribution in [0.4, 0.5) is 0 Å². The van der Waals surface area contributed by atoms with Crippen LogP contribution in [0.1, 0.15) is 32.4 Å². The van der Waals surface area contributed by atoms with Gasteiger partial charge in [0.2, 0.25) is 17.7 Å². The molecule has 4 unspecified atom stereocenters. The molecule has 34 heavy (non-hydrogen) atoms. The number of hydrogen-bond acceptors (Lipinski definition) is 8. The van der Waals surface area contributed by atoms with Gasteiger partial charge in [-0.05, 0) is 24.3 Å². The van der Waals surface area contributed by atoms with Crippen molar-refractivity contribution >= 4 is 41.4 Å². The number of aromatic amines is 1. The smallest absolute Gasteiger partial charge is 0.326 e. The van der Waals surface area contributed by atoms with Crippen molar-refractivity contribution in [2.24, 2.45) is 11.7 Å². The molecule has 0 aliphatic carbocycles. The van der Waals surface area contributed by atoms with Gasteiger partial charge in [-0.25, -0.2) is 9.78 Å². The van der Waals surface area contributed by atoms with Gasteiger partial charge >= 0.3 is 11.9 Å². The number of carboxylic acid groups (broad SMARTS) is 2. The second kappa shape index (κ2) is 14.2. The number of carbonyl (C=O) groups is 5. The van der Waals surface area contributed by atoms with E-state index in [0.29, 0.717) is 17.9 Å². The summed E-state index contributed by atoms with van der Waals surface area (Å²) in [7, 11) is 0. The molecule has 0 saturated heterocycles. The van der Waals surface area contributed by atoms with Gasteiger partial charge in [0.1, 0.15) is 18.1 Å². The van der Waals surface area contributed by atoms with Crippen LogP contribution in [0.15, 0.2) is 12.5 Å². The van der Waals surface area contributed by atoms with E-state index < -0.39 is 66.2 Å². The molecular weight excluding hydrogens is 468 g/mol. The van der Waals surface area contributed by atoms with E-state index >= 15 is 0 Å². The van der Waals surface area contributed by atoms with E-state index in [-0.39, 0.29) is 6.42 Å². The number of rotatable bonds is 15. The first-order chi connectivity index (χ1) is 16.0. The van der Waals surface area contributed by atoms with E-state index in [0.717, 1.165) is 0 Å². The van der Waals surface area contributed by atoms with Crippen molar-refractivity contribution in [1.82, 2.24) is 25.9 Å². The Balaban J connectivity index is 2.93. The fraction of sp³-hybridized carbons (Fsp3) is 0.600. The summed E-state index contributed by atoms with van der Waals surface area (Å²) >= 11 is 1.52. The van der Waals surface area contributed by atoms with Crippen LogP contribution in [0.3, 0.4) is 0 Å². The molecule has 0 aliphatic rings. The lowest BCUT2D eigenvalue weighted by Gasteiger charge is -2.26. The monoisotopic (exact) mass is 500 g/mol. The molecule has 0 bridgehead atoms. The topological polar surface area (TPSA) is 217 Å². The third kappa shape index (κ3) is 9.79. The Bertz CT molecular complexity index is 848. The highest BCUT2D eigenvalue weighted by Gasteiger charge is 2.32. The molecule has 0 saturated carbocycles. The van der Waals surface area contributed by atoms with E-state index in [1.807, 2.05) is 6.26 Å². The summed E-state index contributed by atoms with van der Waals surface area (Å²) in [5, 5.41) is 25.7. The average molecular weight is 501 g/mol. The predicted molar refractivity (Wildman–Crippen MR) is 124 cm³/mol. The molecule has 1 aromatic heterocycles. The summed E-state index contributed by atoms with van der Waals surface area (Å²) in [4.78, 5) is 67.3. The maximum atomic E-state index is 12.9. The minimum Gasteiger partial charge on any atom is -0.481 e. The van der Waals surface area contributed by atoms with Gasteiger partial charge in [0.15, 0.2) is 0 Å². The summed E-state index contributed by atoms with van der Waals surface area (Å²) in [5.41, 5.74) is 6.28. The first-order valence-corrected chi connectivity index (χ1v) is 11.9. The number of nitrogens with two attached hydrogens (primary N) is 1. The van der Waals surface area contributed by atoms with Crippen molar-refractivity contribution in [1.29, 1.82) is 0 Å². The Kier molecular flexibility index (Phi) is 12.1. The quantitative estimate of drug-likeness (QED) is 0.151. The number of carboxylic acids is 2. The zero-order valence-corrected chi connectivity index (χ0v) is 20.1. The molecule has 0 radical (unpaired) electrons.